The van der Waals surface area contributed by atoms with E-state index in [0.717, 1.165) is 0 Å². The van der Waals surface area contributed by atoms with Gasteiger partial charge in [-0.05, 0) is 55.5 Å². The summed E-state index contributed by atoms with van der Waals surface area (Å²) in [5, 5.41) is 35.9. The molecule has 1 aliphatic carbocycles. The van der Waals surface area contributed by atoms with E-state index in [-0.39, 0.29) is 150 Å². The molecule has 4 heterocycles. The minimum Gasteiger partial charge on any atom is -0.492 e. The Morgan fingerprint density at radius 1 is 0.964 bits per heavy atom. The predicted octanol–water partition coefficient (Wildman–Crippen LogP) is 0.367. The second-order valence-electron chi connectivity index (χ2n) is 19.9. The minimum atomic E-state index is -4.20. The topological polar surface area (TPSA) is 374 Å². The van der Waals surface area contributed by atoms with E-state index in [1.54, 1.807) is 55.7 Å². The number of ketones is 1. The maximum Gasteiger partial charge on any atom is 0.312 e. The number of nitrogens with two attached hydrogens (primary N) is 3. The number of likely N-dealkylation sites (tertiary alicyclic amines) is 1. The lowest BCUT2D eigenvalue weighted by atomic mass is 9.89. The van der Waals surface area contributed by atoms with E-state index >= 15 is 4.39 Å². The minimum absolute atomic E-state index is 0. The molecule has 0 spiro atoms. The molecule has 7 rings (SSSR count). The van der Waals surface area contributed by atoms with Gasteiger partial charge in [0, 0.05) is 55.1 Å². The molecule has 4 aromatic rings. The number of ether oxygens (including phenoxy) is 5. The molecular weight excluding hydrogens is 1110 g/mol. The molecule has 0 saturated carbocycles. The molecule has 2 aliphatic heterocycles. The van der Waals surface area contributed by atoms with Crippen molar-refractivity contribution >= 4 is 68.2 Å². The summed E-state index contributed by atoms with van der Waals surface area (Å²) in [5.74, 6) is 2.31. The Hall–Kier alpha value is -7.46. The summed E-state index contributed by atoms with van der Waals surface area (Å²) in [6.45, 7) is 6.58. The van der Waals surface area contributed by atoms with Gasteiger partial charge >= 0.3 is 6.03 Å². The van der Waals surface area contributed by atoms with E-state index in [1.165, 1.54) is 34.1 Å². The third-order valence-electron chi connectivity index (χ3n) is 13.6. The second-order valence-corrected chi connectivity index (χ2v) is 21.3. The van der Waals surface area contributed by atoms with E-state index in [1.807, 2.05) is 0 Å². The second kappa shape index (κ2) is 29.7. The Bertz CT molecular complexity index is 3200. The highest BCUT2D eigenvalue weighted by molar-refractivity contribution is 7.87. The maximum atomic E-state index is 15.2. The number of aromatic nitrogens is 3. The molecule has 0 radical (unpaired) electrons. The van der Waals surface area contributed by atoms with Gasteiger partial charge in [-0.25, -0.2) is 23.5 Å². The molecule has 83 heavy (non-hydrogen) atoms. The van der Waals surface area contributed by atoms with Crippen LogP contribution < -0.4 is 46.6 Å². The van der Waals surface area contributed by atoms with Crippen LogP contribution in [0.4, 0.5) is 20.7 Å². The highest BCUT2D eigenvalue weighted by atomic mass is 32.2. The van der Waals surface area contributed by atoms with Crippen molar-refractivity contribution in [2.45, 2.75) is 90.0 Å². The first-order chi connectivity index (χ1) is 39.1. The average Bonchev–Trinajstić information content (AvgIpc) is 3.33. The Balaban J connectivity index is 0.0000111. The molecule has 1 saturated heterocycles. The molecule has 450 valence electrons. The number of rotatable bonds is 31. The van der Waals surface area contributed by atoms with Crippen molar-refractivity contribution in [1.29, 1.82) is 0 Å². The highest BCUT2D eigenvalue weighted by Crippen LogP contribution is 2.40. The first kappa shape index (κ1) is 64.7. The van der Waals surface area contributed by atoms with Crippen molar-refractivity contribution in [3.63, 3.8) is 0 Å². The van der Waals surface area contributed by atoms with Crippen LogP contribution in [-0.4, -0.2) is 159 Å². The number of carbonyl (C=O) groups is 6. The van der Waals surface area contributed by atoms with Crippen molar-refractivity contribution < 1.29 is 80.0 Å². The number of benzene rings is 2. The number of hydrogen-bond donors (Lipinski definition) is 9. The van der Waals surface area contributed by atoms with Gasteiger partial charge in [0.05, 0.1) is 77.1 Å². The Labute approximate surface area is 479 Å². The van der Waals surface area contributed by atoms with Gasteiger partial charge in [-0.15, -0.1) is 0 Å². The molecular formula is C55H72FN11O15S. The molecule has 26 nitrogen and oxygen atoms in total. The number of aliphatic hydroxyl groups is 2. The summed E-state index contributed by atoms with van der Waals surface area (Å²) in [7, 11) is -4.20. The Morgan fingerprint density at radius 3 is 2.29 bits per heavy atom. The summed E-state index contributed by atoms with van der Waals surface area (Å²) >= 11 is 0. The number of nitrogen functional groups attached to an aromatic ring is 1. The van der Waals surface area contributed by atoms with E-state index in [9.17, 15) is 47.4 Å². The number of fused-ring (bicyclic) bond motifs is 1. The van der Waals surface area contributed by atoms with Crippen LogP contribution >= 0.6 is 0 Å². The molecule has 3 aliphatic rings. The summed E-state index contributed by atoms with van der Waals surface area (Å²) < 4.78 is 72.0. The number of imide groups is 1. The van der Waals surface area contributed by atoms with Crippen molar-refractivity contribution in [2.75, 3.05) is 76.9 Å². The van der Waals surface area contributed by atoms with Gasteiger partial charge in [0.15, 0.2) is 5.78 Å². The fourth-order valence-corrected chi connectivity index (χ4v) is 9.75. The Morgan fingerprint density at radius 2 is 1.64 bits per heavy atom. The number of anilines is 2. The van der Waals surface area contributed by atoms with Crippen molar-refractivity contribution in [3.8, 4) is 17.6 Å². The largest absolute Gasteiger partial charge is 0.492 e. The molecule has 0 unspecified atom stereocenters. The van der Waals surface area contributed by atoms with Gasteiger partial charge in [0.2, 0.25) is 35.8 Å². The van der Waals surface area contributed by atoms with E-state index in [2.05, 4.69) is 37.5 Å². The number of primary amides is 1. The maximum absolute atomic E-state index is 15.2. The van der Waals surface area contributed by atoms with Crippen molar-refractivity contribution in [1.82, 2.24) is 29.8 Å². The molecule has 28 heteroatoms. The molecule has 1 fully saturated rings. The zero-order valence-electron chi connectivity index (χ0n) is 46.6. The van der Waals surface area contributed by atoms with Crippen LogP contribution in [0.25, 0.3) is 11.0 Å². The summed E-state index contributed by atoms with van der Waals surface area (Å²) in [5.41, 5.74) is 14.5. The number of carbonyl (C=O) groups excluding carboxylic acids is 6. The third-order valence-corrected chi connectivity index (χ3v) is 14.2. The van der Waals surface area contributed by atoms with Crippen LogP contribution in [0.15, 0.2) is 66.1 Å². The van der Waals surface area contributed by atoms with E-state index in [0.29, 0.717) is 35.2 Å². The molecule has 12 N–H and O–H groups in total. The smallest absolute Gasteiger partial charge is 0.312 e. The average molecular weight is 1180 g/mol. The van der Waals surface area contributed by atoms with Gasteiger partial charge in [-0.1, -0.05) is 48.9 Å². The monoisotopic (exact) mass is 1180 g/mol. The van der Waals surface area contributed by atoms with Crippen LogP contribution in [0.5, 0.6) is 5.75 Å². The number of nitrogens with zero attached hydrogens (tertiary/aromatic N) is 4. The highest BCUT2D eigenvalue weighted by Gasteiger charge is 2.48. The summed E-state index contributed by atoms with van der Waals surface area (Å²) in [6, 6.07) is 9.31. The van der Waals surface area contributed by atoms with E-state index in [4.69, 9.17) is 40.3 Å². The summed E-state index contributed by atoms with van der Waals surface area (Å²) in [4.78, 5) is 82.0. The van der Waals surface area contributed by atoms with Crippen molar-refractivity contribution in [3.05, 3.63) is 96.1 Å². The zero-order valence-corrected chi connectivity index (χ0v) is 47.4. The number of urea groups is 1. The van der Waals surface area contributed by atoms with Crippen LogP contribution in [0, 0.1) is 36.9 Å². The predicted molar refractivity (Wildman–Crippen MR) is 298 cm³/mol. The number of hydrogen-bond acceptors (Lipinski definition) is 17. The zero-order chi connectivity index (χ0) is 59.3. The lowest BCUT2D eigenvalue weighted by Crippen LogP contribution is -2.45. The first-order valence-electron chi connectivity index (χ1n) is 26.6. The first-order valence-corrected chi connectivity index (χ1v) is 28.2. The number of Topliss-reactive ketones (excluding diaryl/α,β-unsaturated/α-hetero) is 1. The molecule has 6 amide bonds. The number of piperidine rings is 1. The number of aliphatic hydroxyl groups excluding tert-OH is 2. The molecule has 6 atom stereocenters. The fourth-order valence-electron chi connectivity index (χ4n) is 9.35. The SMILES string of the molecule is CCOc1cccc(F)c1C#Cc1cn([C@@H]2O[C@H](CNS(N)(=O)=O)[C@@H](O)[C@H]2O)c2c1c(N)nc[n+]2Cc1ccc(NC(=O)[C@H](CCCNC(N)=O)CC(=O)[C@@H](NC(=O)CCOCCOCCOCCN2C(=O)C3=C(C3)C2=O)C(C)C)cc1.[CH3-]. The summed E-state index contributed by atoms with van der Waals surface area (Å²) in [6.07, 6.45) is -2.24. The molecule has 2 aromatic heterocycles. The standard InChI is InChI=1S/C54H68FN11O15S.CH3/c1-4-80-41-9-5-8-39(55)36(41)15-12-34-29-66(53-47(70)46(69)42(81-53)27-61-82(58,75)76)50-44(34)48(56)60-30-64(50)28-32-10-13-35(14-11-32)62-49(71)33(7-6-17-59-54(57)74)25-40(67)45(31(2)3)63-43(68)16-19-77-21-23-79-24-22-78-20-18-65-51(72)37-26-38(37)52(65)73;/h5,8-11,13-14,29-31,33,42,45-47,53,56,61,69-70H,4,6-7,16-28H2,1-3H3,(H7,57,58,59,62,63,68,71,74,75,76);1H3/q;-1/p+1/t33-,42-,45+,46-,47-,53-;/m1./s1. The quantitative estimate of drug-likeness (QED) is 0.0108. The van der Waals surface area contributed by atoms with Gasteiger partial charge in [0.25, 0.3) is 22.0 Å². The third kappa shape index (κ3) is 17.3. The normalized spacial score (nSPS) is 18.1. The van der Waals surface area contributed by atoms with Gasteiger partial charge in [0.1, 0.15) is 40.8 Å². The molecule has 0 bridgehead atoms. The lowest BCUT2D eigenvalue weighted by Gasteiger charge is -2.24. The van der Waals surface area contributed by atoms with Gasteiger partial charge in [-0.3, -0.25) is 28.9 Å². The van der Waals surface area contributed by atoms with Crippen LogP contribution in [0.2, 0.25) is 0 Å². The van der Waals surface area contributed by atoms with Crippen LogP contribution in [0.1, 0.15) is 75.8 Å². The van der Waals surface area contributed by atoms with Gasteiger partial charge < -0.3 is 68.7 Å². The van der Waals surface area contributed by atoms with Crippen LogP contribution in [-0.2, 0) is 59.7 Å². The lowest BCUT2D eigenvalue weighted by molar-refractivity contribution is -0.668. The van der Waals surface area contributed by atoms with Crippen LogP contribution in [0.3, 0.4) is 0 Å². The number of nitrogens with one attached hydrogen (secondary N) is 4. The van der Waals surface area contributed by atoms with Gasteiger partial charge in [-0.2, -0.15) is 13.1 Å². The van der Waals surface area contributed by atoms with Crippen molar-refractivity contribution in [2.24, 2.45) is 22.7 Å². The van der Waals surface area contributed by atoms with E-state index < -0.39 is 76.9 Å². The molecule has 2 aromatic carbocycles. The Kier molecular flexibility index (Phi) is 23.1. The number of halogens is 1. The number of amides is 6. The fraction of sp³-hybridized carbons (Fsp3) is 0.473.